The van der Waals surface area contributed by atoms with E-state index >= 15 is 0 Å². The molecule has 2 N–H and O–H groups in total. The van der Waals surface area contributed by atoms with E-state index in [9.17, 15) is 4.79 Å². The molecule has 0 bridgehead atoms. The largest absolute Gasteiger partial charge is 0.398 e. The number of carbonyl (C=O) groups is 1. The Balaban J connectivity index is 2.26. The smallest absolute Gasteiger partial charge is 0.255 e. The van der Waals surface area contributed by atoms with Crippen molar-refractivity contribution in [3.63, 3.8) is 0 Å². The van der Waals surface area contributed by atoms with Gasteiger partial charge in [-0.1, -0.05) is 37.0 Å². The molecule has 0 aliphatic carbocycles. The number of nitrogens with zero attached hydrogens (tertiary/aromatic N) is 1. The normalized spacial score (nSPS) is 23.5. The predicted octanol–water partition coefficient (Wildman–Crippen LogP) is 3.69. The van der Waals surface area contributed by atoms with E-state index < -0.39 is 0 Å². The van der Waals surface area contributed by atoms with Crippen LogP contribution in [0.1, 0.15) is 30.6 Å². The summed E-state index contributed by atoms with van der Waals surface area (Å²) in [6, 6.07) is 3.10. The highest BCUT2D eigenvalue weighted by Crippen LogP contribution is 2.29. The lowest BCUT2D eigenvalue weighted by Gasteiger charge is -2.35. The minimum atomic E-state index is -0.0632. The summed E-state index contributed by atoms with van der Waals surface area (Å²) in [4.78, 5) is 14.4. The summed E-state index contributed by atoms with van der Waals surface area (Å²) in [6.45, 7) is 5.85. The first kappa shape index (κ1) is 14.5. The standard InChI is InChI=1S/C14H18Cl2N2O/c1-8-3-9(2)7-18(6-8)14(19)10-4-13(17)12(16)5-11(10)15/h4-5,8-9H,3,6-7,17H2,1-2H3/t8-,9-/m0/s1. The van der Waals surface area contributed by atoms with Crippen molar-refractivity contribution >= 4 is 34.8 Å². The van der Waals surface area contributed by atoms with Crippen LogP contribution in [0.4, 0.5) is 5.69 Å². The molecule has 1 aliphatic heterocycles. The number of rotatable bonds is 1. The van der Waals surface area contributed by atoms with Gasteiger partial charge < -0.3 is 10.6 Å². The lowest BCUT2D eigenvalue weighted by atomic mass is 9.91. The number of hydrogen-bond donors (Lipinski definition) is 1. The highest BCUT2D eigenvalue weighted by Gasteiger charge is 2.27. The number of nitrogens with two attached hydrogens (primary N) is 1. The van der Waals surface area contributed by atoms with E-state index in [1.165, 1.54) is 6.07 Å². The van der Waals surface area contributed by atoms with Crippen LogP contribution in [0.2, 0.25) is 10.0 Å². The SMILES string of the molecule is C[C@H]1C[C@H](C)CN(C(=O)c2cc(N)c(Cl)cc2Cl)C1. The van der Waals surface area contributed by atoms with Gasteiger partial charge >= 0.3 is 0 Å². The topological polar surface area (TPSA) is 46.3 Å². The third kappa shape index (κ3) is 3.15. The van der Waals surface area contributed by atoms with Gasteiger partial charge in [-0.25, -0.2) is 0 Å². The van der Waals surface area contributed by atoms with Crippen molar-refractivity contribution in [2.45, 2.75) is 20.3 Å². The van der Waals surface area contributed by atoms with Gasteiger partial charge in [0.05, 0.1) is 21.3 Å². The van der Waals surface area contributed by atoms with Crippen molar-refractivity contribution in [3.05, 3.63) is 27.7 Å². The maximum Gasteiger partial charge on any atom is 0.255 e. The van der Waals surface area contributed by atoms with Gasteiger partial charge in [-0.15, -0.1) is 0 Å². The highest BCUT2D eigenvalue weighted by molar-refractivity contribution is 6.38. The number of amides is 1. The first-order chi connectivity index (χ1) is 8.88. The van der Waals surface area contributed by atoms with Crippen molar-refractivity contribution < 1.29 is 4.79 Å². The molecular weight excluding hydrogens is 283 g/mol. The number of hydrogen-bond acceptors (Lipinski definition) is 2. The first-order valence-electron chi connectivity index (χ1n) is 6.42. The molecule has 3 nitrogen and oxygen atoms in total. The molecule has 2 rings (SSSR count). The summed E-state index contributed by atoms with van der Waals surface area (Å²) in [6.07, 6.45) is 1.15. The van der Waals surface area contributed by atoms with Gasteiger partial charge in [-0.3, -0.25) is 4.79 Å². The van der Waals surface area contributed by atoms with Crippen molar-refractivity contribution in [1.29, 1.82) is 0 Å². The number of carbonyl (C=O) groups excluding carboxylic acids is 1. The predicted molar refractivity (Wildman–Crippen MR) is 79.7 cm³/mol. The van der Waals surface area contributed by atoms with Crippen LogP contribution in [0.25, 0.3) is 0 Å². The van der Waals surface area contributed by atoms with E-state index in [0.717, 1.165) is 19.5 Å². The van der Waals surface area contributed by atoms with Crippen molar-refractivity contribution in [2.24, 2.45) is 11.8 Å². The molecule has 0 radical (unpaired) electrons. The summed E-state index contributed by atoms with van der Waals surface area (Å²) in [5, 5.41) is 0.733. The second-order valence-electron chi connectivity index (χ2n) is 5.51. The minimum absolute atomic E-state index is 0.0632. The lowest BCUT2D eigenvalue weighted by molar-refractivity contribution is 0.0623. The fraction of sp³-hybridized carbons (Fsp3) is 0.500. The van der Waals surface area contributed by atoms with Crippen LogP contribution in [-0.4, -0.2) is 23.9 Å². The Bertz CT molecular complexity index is 494. The van der Waals surface area contributed by atoms with Gasteiger partial charge in [0.15, 0.2) is 0 Å². The van der Waals surface area contributed by atoms with E-state index in [0.29, 0.717) is 33.1 Å². The van der Waals surface area contributed by atoms with Crippen LogP contribution >= 0.6 is 23.2 Å². The number of halogens is 2. The lowest BCUT2D eigenvalue weighted by Crippen LogP contribution is -2.42. The van der Waals surface area contributed by atoms with E-state index in [1.54, 1.807) is 6.07 Å². The fourth-order valence-corrected chi connectivity index (χ4v) is 3.19. The molecule has 1 fully saturated rings. The van der Waals surface area contributed by atoms with Crippen LogP contribution < -0.4 is 5.73 Å². The van der Waals surface area contributed by atoms with Crippen molar-refractivity contribution in [2.75, 3.05) is 18.8 Å². The quantitative estimate of drug-likeness (QED) is 0.804. The van der Waals surface area contributed by atoms with Crippen LogP contribution in [0.5, 0.6) is 0 Å². The number of anilines is 1. The maximum atomic E-state index is 12.5. The van der Waals surface area contributed by atoms with E-state index in [1.807, 2.05) is 4.90 Å². The Morgan fingerprint density at radius 3 is 2.37 bits per heavy atom. The zero-order valence-electron chi connectivity index (χ0n) is 11.1. The van der Waals surface area contributed by atoms with Gasteiger partial charge in [0.2, 0.25) is 0 Å². The third-order valence-corrected chi connectivity index (χ3v) is 4.11. The number of piperidine rings is 1. The Hall–Kier alpha value is -0.930. The molecule has 1 amide bonds. The summed E-state index contributed by atoms with van der Waals surface area (Å²) < 4.78 is 0. The summed E-state index contributed by atoms with van der Waals surface area (Å²) in [5.41, 5.74) is 6.57. The molecule has 0 spiro atoms. The van der Waals surface area contributed by atoms with E-state index in [-0.39, 0.29) is 5.91 Å². The molecular formula is C14H18Cl2N2O. The van der Waals surface area contributed by atoms with Gasteiger partial charge in [0, 0.05) is 13.1 Å². The zero-order valence-corrected chi connectivity index (χ0v) is 12.6. The summed E-state index contributed by atoms with van der Waals surface area (Å²) >= 11 is 12.0. The van der Waals surface area contributed by atoms with Crippen LogP contribution in [-0.2, 0) is 0 Å². The molecule has 19 heavy (non-hydrogen) atoms. The van der Waals surface area contributed by atoms with Crippen molar-refractivity contribution in [3.8, 4) is 0 Å². The van der Waals surface area contributed by atoms with E-state index in [2.05, 4.69) is 13.8 Å². The average Bonchev–Trinajstić information content (AvgIpc) is 2.31. The highest BCUT2D eigenvalue weighted by atomic mass is 35.5. The van der Waals surface area contributed by atoms with Crippen LogP contribution in [0.15, 0.2) is 12.1 Å². The minimum Gasteiger partial charge on any atom is -0.398 e. The second-order valence-corrected chi connectivity index (χ2v) is 6.32. The zero-order chi connectivity index (χ0) is 14.2. The Kier molecular flexibility index (Phi) is 4.26. The molecule has 1 aromatic carbocycles. The molecule has 1 aromatic rings. The van der Waals surface area contributed by atoms with Crippen LogP contribution in [0.3, 0.4) is 0 Å². The molecule has 104 valence electrons. The van der Waals surface area contributed by atoms with Crippen molar-refractivity contribution in [1.82, 2.24) is 4.90 Å². The van der Waals surface area contributed by atoms with Crippen LogP contribution in [0, 0.1) is 11.8 Å². The first-order valence-corrected chi connectivity index (χ1v) is 7.18. The average molecular weight is 301 g/mol. The monoisotopic (exact) mass is 300 g/mol. The number of benzene rings is 1. The second kappa shape index (κ2) is 5.59. The van der Waals surface area contributed by atoms with Gasteiger partial charge in [-0.2, -0.15) is 0 Å². The molecule has 0 aromatic heterocycles. The third-order valence-electron chi connectivity index (χ3n) is 3.47. The maximum absolute atomic E-state index is 12.5. The van der Waals surface area contributed by atoms with Gasteiger partial charge in [0.25, 0.3) is 5.91 Å². The summed E-state index contributed by atoms with van der Waals surface area (Å²) in [7, 11) is 0. The molecule has 1 aliphatic rings. The van der Waals surface area contributed by atoms with Gasteiger partial charge in [0.1, 0.15) is 0 Å². The Labute approximate surface area is 123 Å². The van der Waals surface area contributed by atoms with E-state index in [4.69, 9.17) is 28.9 Å². The summed E-state index contributed by atoms with van der Waals surface area (Å²) in [5.74, 6) is 0.957. The number of likely N-dealkylation sites (tertiary alicyclic amines) is 1. The fourth-order valence-electron chi connectivity index (χ4n) is 2.73. The molecule has 1 heterocycles. The molecule has 0 saturated carbocycles. The molecule has 5 heteroatoms. The van der Waals surface area contributed by atoms with Gasteiger partial charge in [-0.05, 0) is 30.4 Å². The molecule has 0 unspecified atom stereocenters. The Morgan fingerprint density at radius 2 is 1.79 bits per heavy atom. The Morgan fingerprint density at radius 1 is 1.21 bits per heavy atom. The number of nitrogen functional groups attached to an aromatic ring is 1. The molecule has 1 saturated heterocycles. The molecule has 2 atom stereocenters.